The number of imidazole rings is 1. The highest BCUT2D eigenvalue weighted by molar-refractivity contribution is 6.29. The summed E-state index contributed by atoms with van der Waals surface area (Å²) in [5.41, 5.74) is -0.0980. The molecule has 0 aliphatic heterocycles. The molecular formula is C12H12ClN3O3. The number of hydrogen-bond acceptors (Lipinski definition) is 3. The fourth-order valence-electron chi connectivity index (χ4n) is 1.73. The van der Waals surface area contributed by atoms with Crippen LogP contribution in [-0.2, 0) is 13.6 Å². The van der Waals surface area contributed by atoms with Crippen molar-refractivity contribution in [1.82, 2.24) is 14.1 Å². The topological polar surface area (TPSA) is 77.1 Å². The van der Waals surface area contributed by atoms with Gasteiger partial charge in [0.2, 0.25) is 0 Å². The van der Waals surface area contributed by atoms with Crippen LogP contribution in [0, 0.1) is 6.92 Å². The van der Waals surface area contributed by atoms with E-state index in [0.29, 0.717) is 23.2 Å². The number of carboxylic acid groups (broad SMARTS) is 1. The molecule has 0 aliphatic carbocycles. The van der Waals surface area contributed by atoms with Gasteiger partial charge >= 0.3 is 5.97 Å². The van der Waals surface area contributed by atoms with Gasteiger partial charge in [0.1, 0.15) is 16.5 Å². The van der Waals surface area contributed by atoms with Crippen LogP contribution in [0.4, 0.5) is 0 Å². The molecule has 0 unspecified atom stereocenters. The van der Waals surface area contributed by atoms with Crippen LogP contribution in [0.25, 0.3) is 0 Å². The van der Waals surface area contributed by atoms with Crippen molar-refractivity contribution in [2.45, 2.75) is 13.5 Å². The van der Waals surface area contributed by atoms with E-state index in [1.54, 1.807) is 23.1 Å². The summed E-state index contributed by atoms with van der Waals surface area (Å²) < 4.78 is 3.35. The number of rotatable bonds is 3. The maximum atomic E-state index is 11.5. The Morgan fingerprint density at radius 1 is 1.53 bits per heavy atom. The molecule has 1 N–H and O–H groups in total. The number of hydrogen-bond donors (Lipinski definition) is 1. The maximum Gasteiger partial charge on any atom is 0.341 e. The molecule has 0 fully saturated rings. The molecule has 2 heterocycles. The van der Waals surface area contributed by atoms with Gasteiger partial charge < -0.3 is 14.2 Å². The molecule has 0 saturated carbocycles. The third-order valence-electron chi connectivity index (χ3n) is 2.91. The van der Waals surface area contributed by atoms with Gasteiger partial charge in [0.15, 0.2) is 5.43 Å². The Bertz CT molecular complexity index is 703. The second kappa shape index (κ2) is 4.89. The second-order valence-corrected chi connectivity index (χ2v) is 4.57. The third-order valence-corrected chi connectivity index (χ3v) is 3.26. The minimum Gasteiger partial charge on any atom is -0.477 e. The van der Waals surface area contributed by atoms with Gasteiger partial charge in [0, 0.05) is 25.0 Å². The van der Waals surface area contributed by atoms with Crippen molar-refractivity contribution < 1.29 is 9.90 Å². The van der Waals surface area contributed by atoms with Crippen LogP contribution in [0.15, 0.2) is 23.3 Å². The SMILES string of the molecule is Cc1cc(=O)c(C(=O)O)cn1Cc1ncc(Cl)n1C. The summed E-state index contributed by atoms with van der Waals surface area (Å²) >= 11 is 5.89. The molecule has 0 aromatic carbocycles. The van der Waals surface area contributed by atoms with Crippen molar-refractivity contribution in [3.05, 3.63) is 50.9 Å². The van der Waals surface area contributed by atoms with Crippen LogP contribution in [0.2, 0.25) is 5.15 Å². The van der Waals surface area contributed by atoms with Crippen LogP contribution in [0.1, 0.15) is 21.9 Å². The van der Waals surface area contributed by atoms with Crippen molar-refractivity contribution in [3.63, 3.8) is 0 Å². The lowest BCUT2D eigenvalue weighted by Gasteiger charge is -2.11. The van der Waals surface area contributed by atoms with Crippen molar-refractivity contribution in [1.29, 1.82) is 0 Å². The number of aryl methyl sites for hydroxylation is 1. The summed E-state index contributed by atoms with van der Waals surface area (Å²) in [6.07, 6.45) is 2.84. The predicted molar refractivity (Wildman–Crippen MR) is 69.7 cm³/mol. The Morgan fingerprint density at radius 2 is 2.21 bits per heavy atom. The van der Waals surface area contributed by atoms with E-state index < -0.39 is 11.4 Å². The summed E-state index contributed by atoms with van der Waals surface area (Å²) in [5.74, 6) is -0.565. The zero-order valence-corrected chi connectivity index (χ0v) is 11.2. The van der Waals surface area contributed by atoms with Crippen molar-refractivity contribution in [2.75, 3.05) is 0 Å². The third kappa shape index (κ3) is 2.53. The molecule has 2 rings (SSSR count). The predicted octanol–water partition coefficient (Wildman–Crippen LogP) is 1.29. The average Bonchev–Trinajstić information content (AvgIpc) is 2.64. The van der Waals surface area contributed by atoms with E-state index in [1.807, 2.05) is 0 Å². The van der Waals surface area contributed by atoms with Gasteiger partial charge in [-0.25, -0.2) is 9.78 Å². The monoisotopic (exact) mass is 281 g/mol. The molecule has 0 spiro atoms. The quantitative estimate of drug-likeness (QED) is 0.920. The zero-order chi connectivity index (χ0) is 14.2. The first kappa shape index (κ1) is 13.4. The van der Waals surface area contributed by atoms with Crippen molar-refractivity contribution in [3.8, 4) is 0 Å². The number of carboxylic acids is 1. The normalized spacial score (nSPS) is 10.7. The van der Waals surface area contributed by atoms with Gasteiger partial charge in [-0.3, -0.25) is 4.79 Å². The largest absolute Gasteiger partial charge is 0.477 e. The lowest BCUT2D eigenvalue weighted by atomic mass is 10.2. The van der Waals surface area contributed by atoms with Crippen LogP contribution in [0.5, 0.6) is 0 Å². The average molecular weight is 282 g/mol. The number of halogens is 1. The summed E-state index contributed by atoms with van der Waals surface area (Å²) in [6, 6.07) is 1.30. The van der Waals surface area contributed by atoms with Crippen LogP contribution in [0.3, 0.4) is 0 Å². The minimum absolute atomic E-state index is 0.258. The Hall–Kier alpha value is -2.08. The maximum absolute atomic E-state index is 11.5. The lowest BCUT2D eigenvalue weighted by molar-refractivity contribution is 0.0694. The molecule has 100 valence electrons. The van der Waals surface area contributed by atoms with Gasteiger partial charge in [0.25, 0.3) is 0 Å². The smallest absolute Gasteiger partial charge is 0.341 e. The molecular weight excluding hydrogens is 270 g/mol. The molecule has 0 aliphatic rings. The minimum atomic E-state index is -1.24. The van der Waals surface area contributed by atoms with Gasteiger partial charge in [-0.05, 0) is 6.92 Å². The van der Waals surface area contributed by atoms with Crippen LogP contribution >= 0.6 is 11.6 Å². The second-order valence-electron chi connectivity index (χ2n) is 4.18. The van der Waals surface area contributed by atoms with E-state index in [0.717, 1.165) is 0 Å². The standard InChI is InChI=1S/C12H12ClN3O3/c1-7-3-9(17)8(12(18)19)5-16(7)6-11-14-4-10(13)15(11)2/h3-5H,6H2,1-2H3,(H,18,19). The molecule has 6 nitrogen and oxygen atoms in total. The molecule has 2 aromatic heterocycles. The van der Waals surface area contributed by atoms with Gasteiger partial charge in [0.05, 0.1) is 12.7 Å². The molecule has 0 radical (unpaired) electrons. The van der Waals surface area contributed by atoms with Gasteiger partial charge in [-0.2, -0.15) is 0 Å². The summed E-state index contributed by atoms with van der Waals surface area (Å²) in [4.78, 5) is 26.6. The summed E-state index contributed by atoms with van der Waals surface area (Å²) in [7, 11) is 1.76. The van der Waals surface area contributed by atoms with E-state index in [1.165, 1.54) is 18.5 Å². The Labute approximate surface area is 113 Å². The van der Waals surface area contributed by atoms with Crippen LogP contribution < -0.4 is 5.43 Å². The van der Waals surface area contributed by atoms with E-state index in [-0.39, 0.29) is 5.56 Å². The first-order valence-electron chi connectivity index (χ1n) is 5.50. The zero-order valence-electron chi connectivity index (χ0n) is 10.4. The summed E-state index contributed by atoms with van der Waals surface area (Å²) in [5, 5.41) is 9.44. The van der Waals surface area contributed by atoms with E-state index in [4.69, 9.17) is 16.7 Å². The first-order chi connectivity index (χ1) is 8.90. The van der Waals surface area contributed by atoms with E-state index >= 15 is 0 Å². The fraction of sp³-hybridized carbons (Fsp3) is 0.250. The Morgan fingerprint density at radius 3 is 2.74 bits per heavy atom. The number of nitrogens with zero attached hydrogens (tertiary/aromatic N) is 3. The first-order valence-corrected chi connectivity index (χ1v) is 5.88. The lowest BCUT2D eigenvalue weighted by Crippen LogP contribution is -2.20. The Balaban J connectivity index is 2.46. The number of pyridine rings is 1. The molecule has 0 atom stereocenters. The Kier molecular flexibility index (Phi) is 3.44. The van der Waals surface area contributed by atoms with E-state index in [9.17, 15) is 9.59 Å². The highest BCUT2D eigenvalue weighted by Crippen LogP contribution is 2.11. The highest BCUT2D eigenvalue weighted by Gasteiger charge is 2.12. The molecule has 0 amide bonds. The number of aromatic nitrogens is 3. The van der Waals surface area contributed by atoms with Crippen molar-refractivity contribution >= 4 is 17.6 Å². The van der Waals surface area contributed by atoms with Gasteiger partial charge in [-0.15, -0.1) is 0 Å². The molecule has 7 heteroatoms. The van der Waals surface area contributed by atoms with E-state index in [2.05, 4.69) is 4.98 Å². The summed E-state index contributed by atoms with van der Waals surface area (Å²) in [6.45, 7) is 2.08. The van der Waals surface area contributed by atoms with Crippen LogP contribution in [-0.4, -0.2) is 25.2 Å². The molecule has 0 saturated heterocycles. The molecule has 2 aromatic rings. The van der Waals surface area contributed by atoms with Gasteiger partial charge in [-0.1, -0.05) is 11.6 Å². The molecule has 0 bridgehead atoms. The highest BCUT2D eigenvalue weighted by atomic mass is 35.5. The fourth-order valence-corrected chi connectivity index (χ4v) is 1.87. The van der Waals surface area contributed by atoms with Crippen molar-refractivity contribution in [2.24, 2.45) is 7.05 Å². The molecule has 19 heavy (non-hydrogen) atoms. The number of carbonyl (C=O) groups is 1. The number of aromatic carboxylic acids is 1.